The summed E-state index contributed by atoms with van der Waals surface area (Å²) in [6.07, 6.45) is -1.91. The second kappa shape index (κ2) is 18.9. The molecule has 63 heavy (non-hydrogen) atoms. The molecule has 7 N–H and O–H groups in total. The Labute approximate surface area is 357 Å². The number of ether oxygens (including phenoxy) is 4. The number of nitrogens with zero attached hydrogens (tertiary/aromatic N) is 2. The number of benzene rings is 2. The molecule has 2 aliphatic rings. The molecule has 0 radical (unpaired) electrons. The molecule has 0 bridgehead atoms. The van der Waals surface area contributed by atoms with Crippen LogP contribution in [0.5, 0.6) is 0 Å². The van der Waals surface area contributed by atoms with Crippen LogP contribution in [-0.4, -0.2) is 93.6 Å². The quantitative estimate of drug-likeness (QED) is 0.0706. The van der Waals surface area contributed by atoms with E-state index in [0.717, 1.165) is 16.5 Å². The number of cyclic esters (lactones) is 1. The average Bonchev–Trinajstić information content (AvgIpc) is 3.60. The number of carboxylic acid groups (broad SMARTS) is 1. The molecule has 330 valence electrons. The number of aliphatic carboxylic acids is 1. The van der Waals surface area contributed by atoms with Crippen LogP contribution in [0.25, 0.3) is 22.3 Å². The number of primary amides is 1. The largest absolute Gasteiger partial charge is 0.510 e. The molecule has 4 aromatic rings. The van der Waals surface area contributed by atoms with Crippen LogP contribution in [0, 0.1) is 0 Å². The van der Waals surface area contributed by atoms with E-state index in [1.165, 1.54) is 38.1 Å². The summed E-state index contributed by atoms with van der Waals surface area (Å²) in [6.45, 7) is 2.49. The van der Waals surface area contributed by atoms with Crippen LogP contribution in [0.2, 0.25) is 0 Å². The highest BCUT2D eigenvalue weighted by atomic mass is 16.7. The molecule has 0 spiro atoms. The number of fused-ring (bicyclic) bond motifs is 5. The lowest BCUT2D eigenvalue weighted by Crippen LogP contribution is -2.55. The number of pyridine rings is 2. The molecule has 21 nitrogen and oxygen atoms in total. The Morgan fingerprint density at radius 1 is 0.921 bits per heavy atom. The molecule has 2 aliphatic heterocycles. The second-order valence-electron chi connectivity index (χ2n) is 14.7. The van der Waals surface area contributed by atoms with E-state index in [0.29, 0.717) is 17.0 Å². The number of esters is 1. The standard InChI is InChI=1S/C42H43N7O14/c1-4-42(28-14-31-35-25(13-24-7-5-6-8-29(24)47-35)16-49(31)39(57)27(28)18-61-40(42)58)63-41(59)62-17-23-9-11-26(12-10-23)46-38(56)30(15-32(43)50)48-37(55)22(3)45-36(54)21(2)44-33(51)19-60-20-34(52)53/h5-14,21-22,30H,4,15-20H2,1-3H3,(H2,43,50)(H,44,51)(H,45,54)(H,46,56)(H,48,55)(H,52,53)/t21-,22-,30-,42-/m0/s1. The summed E-state index contributed by atoms with van der Waals surface area (Å²) in [5.41, 5.74) is 6.50. The van der Waals surface area contributed by atoms with Gasteiger partial charge in [0.2, 0.25) is 35.1 Å². The third kappa shape index (κ3) is 10.1. The smallest absolute Gasteiger partial charge is 0.480 e. The van der Waals surface area contributed by atoms with Crippen molar-refractivity contribution in [1.82, 2.24) is 25.5 Å². The van der Waals surface area contributed by atoms with Gasteiger partial charge in [-0.1, -0.05) is 37.3 Å². The predicted octanol–water partition coefficient (Wildman–Crippen LogP) is 0.850. The first-order chi connectivity index (χ1) is 30.0. The van der Waals surface area contributed by atoms with E-state index < -0.39 is 96.6 Å². The van der Waals surface area contributed by atoms with Gasteiger partial charge >= 0.3 is 18.1 Å². The van der Waals surface area contributed by atoms with Crippen molar-refractivity contribution < 1.29 is 62.4 Å². The Bertz CT molecular complexity index is 2580. The number of carbonyl (C=O) groups is 8. The second-order valence-corrected chi connectivity index (χ2v) is 14.7. The fraction of sp³-hybridized carbons (Fsp3) is 0.333. The topological polar surface area (TPSA) is 303 Å². The highest BCUT2D eigenvalue weighted by Crippen LogP contribution is 2.41. The maximum atomic E-state index is 13.8. The first-order valence-electron chi connectivity index (χ1n) is 19.6. The van der Waals surface area contributed by atoms with Gasteiger partial charge in [0.25, 0.3) is 5.56 Å². The van der Waals surface area contributed by atoms with Crippen molar-refractivity contribution in [3.63, 3.8) is 0 Å². The zero-order chi connectivity index (χ0) is 45.6. The van der Waals surface area contributed by atoms with Crippen molar-refractivity contribution >= 4 is 64.2 Å². The van der Waals surface area contributed by atoms with Crippen LogP contribution >= 0.6 is 0 Å². The normalized spacial score (nSPS) is 16.1. The number of rotatable bonds is 17. The molecular weight excluding hydrogens is 826 g/mol. The number of anilines is 1. The Balaban J connectivity index is 1.05. The first kappa shape index (κ1) is 44.9. The van der Waals surface area contributed by atoms with Crippen LogP contribution in [0.3, 0.4) is 0 Å². The van der Waals surface area contributed by atoms with Crippen molar-refractivity contribution in [2.75, 3.05) is 18.5 Å². The number of carboxylic acids is 1. The summed E-state index contributed by atoms with van der Waals surface area (Å²) < 4.78 is 22.7. The average molecular weight is 870 g/mol. The van der Waals surface area contributed by atoms with Crippen molar-refractivity contribution in [3.8, 4) is 11.4 Å². The van der Waals surface area contributed by atoms with E-state index in [-0.39, 0.29) is 43.0 Å². The predicted molar refractivity (Wildman–Crippen MR) is 218 cm³/mol. The molecule has 6 rings (SSSR count). The summed E-state index contributed by atoms with van der Waals surface area (Å²) in [7, 11) is 0. The van der Waals surface area contributed by atoms with Gasteiger partial charge in [0.15, 0.2) is 0 Å². The molecule has 0 saturated heterocycles. The molecule has 0 saturated carbocycles. The van der Waals surface area contributed by atoms with Gasteiger partial charge in [-0.2, -0.15) is 0 Å². The zero-order valence-corrected chi connectivity index (χ0v) is 34.2. The maximum absolute atomic E-state index is 13.8. The summed E-state index contributed by atoms with van der Waals surface area (Å²) >= 11 is 0. The van der Waals surface area contributed by atoms with E-state index in [9.17, 15) is 43.2 Å². The molecule has 0 fully saturated rings. The molecule has 4 heterocycles. The first-order valence-corrected chi connectivity index (χ1v) is 19.6. The number of hydrogen-bond acceptors (Lipinski definition) is 14. The maximum Gasteiger partial charge on any atom is 0.510 e. The number of para-hydroxylation sites is 1. The number of amides is 5. The Hall–Kier alpha value is -7.68. The Kier molecular flexibility index (Phi) is 13.5. The van der Waals surface area contributed by atoms with Gasteiger partial charge in [0.05, 0.1) is 35.4 Å². The molecule has 5 amide bonds. The highest BCUT2D eigenvalue weighted by Gasteiger charge is 2.51. The van der Waals surface area contributed by atoms with Crippen LogP contribution < -0.4 is 32.6 Å². The number of carbonyl (C=O) groups excluding carboxylic acids is 7. The van der Waals surface area contributed by atoms with Crippen molar-refractivity contribution in [2.24, 2.45) is 5.73 Å². The lowest BCUT2D eigenvalue weighted by atomic mass is 9.85. The van der Waals surface area contributed by atoms with E-state index in [1.807, 2.05) is 30.3 Å². The molecular formula is C42H43N7O14. The molecule has 4 atom stereocenters. The van der Waals surface area contributed by atoms with E-state index in [4.69, 9.17) is 30.0 Å². The van der Waals surface area contributed by atoms with E-state index in [1.54, 1.807) is 17.6 Å². The summed E-state index contributed by atoms with van der Waals surface area (Å²) in [6, 6.07) is 13.1. The zero-order valence-electron chi connectivity index (χ0n) is 34.2. The van der Waals surface area contributed by atoms with Gasteiger partial charge in [0.1, 0.15) is 44.6 Å². The minimum Gasteiger partial charge on any atom is -0.480 e. The van der Waals surface area contributed by atoms with Crippen LogP contribution in [0.1, 0.15) is 55.9 Å². The number of nitrogens with two attached hydrogens (primary N) is 1. The summed E-state index contributed by atoms with van der Waals surface area (Å²) in [5.74, 6) is -6.35. The minimum atomic E-state index is -2.00. The number of hydrogen-bond donors (Lipinski definition) is 6. The minimum absolute atomic E-state index is 0.0815. The third-order valence-electron chi connectivity index (χ3n) is 10.2. The lowest BCUT2D eigenvalue weighted by Gasteiger charge is -2.35. The van der Waals surface area contributed by atoms with Gasteiger partial charge < -0.3 is 55.6 Å². The van der Waals surface area contributed by atoms with E-state index in [2.05, 4.69) is 26.0 Å². The van der Waals surface area contributed by atoms with Gasteiger partial charge in [-0.15, -0.1) is 0 Å². The Morgan fingerprint density at radius 2 is 1.62 bits per heavy atom. The van der Waals surface area contributed by atoms with Crippen molar-refractivity contribution in [1.29, 1.82) is 0 Å². The summed E-state index contributed by atoms with van der Waals surface area (Å²) in [4.78, 5) is 118. The molecule has 0 unspecified atom stereocenters. The molecule has 2 aromatic heterocycles. The number of nitrogens with one attached hydrogen (secondary N) is 4. The van der Waals surface area contributed by atoms with Gasteiger partial charge in [-0.3, -0.25) is 28.8 Å². The molecule has 21 heteroatoms. The Morgan fingerprint density at radius 3 is 2.32 bits per heavy atom. The SMILES string of the molecule is CC[C@@]1(OC(=O)OCc2ccc(NC(=O)[C@H](CC(N)=O)NC(=O)[C@H](C)NC(=O)[C@H](C)NC(=O)COCC(=O)O)cc2)C(=O)OCc2c1cc1n(c2=O)Cc2cc3ccccc3nc2-1. The van der Waals surface area contributed by atoms with Crippen LogP contribution in [0.15, 0.2) is 65.5 Å². The fourth-order valence-corrected chi connectivity index (χ4v) is 7.00. The summed E-state index contributed by atoms with van der Waals surface area (Å²) in [5, 5.41) is 19.0. The highest BCUT2D eigenvalue weighted by molar-refractivity contribution is 6.01. The van der Waals surface area contributed by atoms with Crippen LogP contribution in [0.4, 0.5) is 10.5 Å². The van der Waals surface area contributed by atoms with Gasteiger partial charge in [-0.05, 0) is 56.2 Å². The van der Waals surface area contributed by atoms with Crippen molar-refractivity contribution in [2.45, 2.75) is 77.1 Å². The molecule has 0 aliphatic carbocycles. The molecule has 2 aromatic carbocycles. The lowest BCUT2D eigenvalue weighted by molar-refractivity contribution is -0.175. The van der Waals surface area contributed by atoms with Crippen LogP contribution in [-0.2, 0) is 77.9 Å². The van der Waals surface area contributed by atoms with E-state index >= 15 is 0 Å². The third-order valence-corrected chi connectivity index (χ3v) is 10.2. The van der Waals surface area contributed by atoms with Crippen molar-refractivity contribution in [3.05, 3.63) is 93.3 Å². The number of aromatic nitrogens is 2. The fourth-order valence-electron chi connectivity index (χ4n) is 7.00. The van der Waals surface area contributed by atoms with Gasteiger partial charge in [0, 0.05) is 22.2 Å². The van der Waals surface area contributed by atoms with Gasteiger partial charge in [-0.25, -0.2) is 19.4 Å². The monoisotopic (exact) mass is 869 g/mol.